The van der Waals surface area contributed by atoms with E-state index in [2.05, 4.69) is 47.8 Å². The molecule has 0 spiro atoms. The van der Waals surface area contributed by atoms with Gasteiger partial charge in [-0.3, -0.25) is 0 Å². The zero-order valence-electron chi connectivity index (χ0n) is 11.3. The second kappa shape index (κ2) is 7.11. The number of halogens is 4. The molecule has 0 amide bonds. The molecule has 2 nitrogen and oxygen atoms in total. The van der Waals surface area contributed by atoms with E-state index in [-0.39, 0.29) is 10.6 Å². The molecule has 2 rings (SSSR count). The van der Waals surface area contributed by atoms with Gasteiger partial charge in [-0.05, 0) is 55.6 Å². The molecule has 0 heterocycles. The van der Waals surface area contributed by atoms with Crippen molar-refractivity contribution in [1.29, 1.82) is 0 Å². The molecule has 0 radical (unpaired) electrons. The van der Waals surface area contributed by atoms with Crippen LogP contribution >= 0.6 is 47.8 Å². The van der Waals surface area contributed by atoms with Crippen molar-refractivity contribution in [3.05, 3.63) is 56.2 Å². The predicted molar refractivity (Wildman–Crippen MR) is 92.1 cm³/mol. The first-order valence-electron chi connectivity index (χ1n) is 5.99. The molecule has 1 atom stereocenters. The van der Waals surface area contributed by atoms with Crippen LogP contribution in [0.2, 0.25) is 0 Å². The zero-order chi connectivity index (χ0) is 15.6. The molecule has 0 N–H and O–H groups in total. The average Bonchev–Trinajstić information content (AvgIpc) is 2.49. The lowest BCUT2D eigenvalue weighted by Crippen LogP contribution is -2.00. The fourth-order valence-electron chi connectivity index (χ4n) is 1.97. The number of hydrogen-bond acceptors (Lipinski definition) is 2. The number of methoxy groups -OCH3 is 2. The third-order valence-corrected chi connectivity index (χ3v) is 5.47. The summed E-state index contributed by atoms with van der Waals surface area (Å²) in [6, 6.07) is 8.62. The highest BCUT2D eigenvalue weighted by atomic mass is 79.9. The third-order valence-electron chi connectivity index (χ3n) is 3.03. The van der Waals surface area contributed by atoms with Crippen LogP contribution < -0.4 is 9.47 Å². The van der Waals surface area contributed by atoms with Crippen molar-refractivity contribution >= 4 is 47.8 Å². The minimum absolute atomic E-state index is 0.237. The van der Waals surface area contributed by atoms with Gasteiger partial charge in [0, 0.05) is 5.56 Å². The Hall–Kier alpha value is -0.590. The van der Waals surface area contributed by atoms with Gasteiger partial charge in [0.25, 0.3) is 0 Å². The van der Waals surface area contributed by atoms with Crippen LogP contribution in [0, 0.1) is 5.82 Å². The molecule has 0 saturated heterocycles. The van der Waals surface area contributed by atoms with Crippen molar-refractivity contribution < 1.29 is 13.9 Å². The molecule has 21 heavy (non-hydrogen) atoms. The highest BCUT2D eigenvalue weighted by Gasteiger charge is 2.21. The van der Waals surface area contributed by atoms with Crippen LogP contribution in [0.1, 0.15) is 16.0 Å². The molecule has 0 aromatic heterocycles. The second-order valence-corrected chi connectivity index (χ2v) is 6.80. The van der Waals surface area contributed by atoms with Gasteiger partial charge in [0.15, 0.2) is 0 Å². The van der Waals surface area contributed by atoms with Crippen molar-refractivity contribution in [1.82, 2.24) is 0 Å². The Morgan fingerprint density at radius 3 is 2.29 bits per heavy atom. The lowest BCUT2D eigenvalue weighted by Gasteiger charge is -2.18. The van der Waals surface area contributed by atoms with Crippen molar-refractivity contribution in [2.45, 2.75) is 4.83 Å². The van der Waals surface area contributed by atoms with E-state index in [0.717, 1.165) is 15.6 Å². The number of hydrogen-bond donors (Lipinski definition) is 0. The number of ether oxygens (including phenoxy) is 2. The summed E-state index contributed by atoms with van der Waals surface area (Å²) in [7, 11) is 3.19. The minimum atomic E-state index is -0.306. The zero-order valence-corrected chi connectivity index (χ0v) is 16.1. The summed E-state index contributed by atoms with van der Waals surface area (Å²) in [5, 5.41) is 0. The summed E-state index contributed by atoms with van der Waals surface area (Å²) >= 11 is 10.3. The molecule has 0 bridgehead atoms. The van der Waals surface area contributed by atoms with Gasteiger partial charge < -0.3 is 9.47 Å². The lowest BCUT2D eigenvalue weighted by molar-refractivity contribution is 0.397. The van der Waals surface area contributed by atoms with Crippen molar-refractivity contribution in [2.75, 3.05) is 14.2 Å². The van der Waals surface area contributed by atoms with Crippen LogP contribution in [0.3, 0.4) is 0 Å². The second-order valence-electron chi connectivity index (χ2n) is 4.23. The first kappa shape index (κ1) is 16.8. The van der Waals surface area contributed by atoms with E-state index in [4.69, 9.17) is 9.47 Å². The topological polar surface area (TPSA) is 18.5 Å². The third kappa shape index (κ3) is 3.43. The van der Waals surface area contributed by atoms with Crippen LogP contribution in [-0.2, 0) is 0 Å². The monoisotopic (exact) mass is 480 g/mol. The highest BCUT2D eigenvalue weighted by Crippen LogP contribution is 2.43. The molecule has 0 fully saturated rings. The minimum Gasteiger partial charge on any atom is -0.496 e. The van der Waals surface area contributed by atoms with E-state index >= 15 is 0 Å². The van der Waals surface area contributed by atoms with Gasteiger partial charge in [-0.2, -0.15) is 0 Å². The first-order valence-corrected chi connectivity index (χ1v) is 8.49. The Kier molecular flexibility index (Phi) is 5.68. The Bertz CT molecular complexity index is 662. The number of benzene rings is 2. The smallest absolute Gasteiger partial charge is 0.137 e. The average molecular weight is 483 g/mol. The lowest BCUT2D eigenvalue weighted by atomic mass is 10.0. The molecule has 112 valence electrons. The molecular weight excluding hydrogens is 471 g/mol. The maximum absolute atomic E-state index is 13.7. The van der Waals surface area contributed by atoms with Crippen LogP contribution in [0.5, 0.6) is 11.5 Å². The summed E-state index contributed by atoms with van der Waals surface area (Å²) in [6.45, 7) is 0. The Balaban J connectivity index is 2.56. The fraction of sp³-hybridized carbons (Fsp3) is 0.200. The van der Waals surface area contributed by atoms with Gasteiger partial charge in [-0.15, -0.1) is 0 Å². The molecule has 1 unspecified atom stereocenters. The van der Waals surface area contributed by atoms with Gasteiger partial charge >= 0.3 is 0 Å². The Morgan fingerprint density at radius 2 is 1.67 bits per heavy atom. The van der Waals surface area contributed by atoms with Gasteiger partial charge in [0.2, 0.25) is 0 Å². The van der Waals surface area contributed by atoms with E-state index in [0.29, 0.717) is 16.0 Å². The van der Waals surface area contributed by atoms with Crippen LogP contribution in [0.4, 0.5) is 4.39 Å². The Morgan fingerprint density at radius 1 is 1.00 bits per heavy atom. The molecule has 0 aliphatic rings. The molecule has 6 heteroatoms. The van der Waals surface area contributed by atoms with Gasteiger partial charge in [0.1, 0.15) is 17.3 Å². The summed E-state index contributed by atoms with van der Waals surface area (Å²) in [5.41, 5.74) is 1.63. The predicted octanol–water partition coefficient (Wildman–Crippen LogP) is 5.85. The van der Waals surface area contributed by atoms with Gasteiger partial charge in [-0.1, -0.05) is 28.1 Å². The first-order chi connectivity index (χ1) is 9.99. The van der Waals surface area contributed by atoms with Crippen molar-refractivity contribution in [3.8, 4) is 11.5 Å². The normalized spacial score (nSPS) is 12.1. The van der Waals surface area contributed by atoms with Crippen molar-refractivity contribution in [3.63, 3.8) is 0 Å². The van der Waals surface area contributed by atoms with E-state index in [1.807, 2.05) is 18.2 Å². The van der Waals surface area contributed by atoms with Crippen LogP contribution in [0.25, 0.3) is 0 Å². The maximum atomic E-state index is 13.7. The van der Waals surface area contributed by atoms with E-state index in [1.54, 1.807) is 20.3 Å². The van der Waals surface area contributed by atoms with Gasteiger partial charge in [-0.25, -0.2) is 4.39 Å². The molecule has 2 aromatic rings. The summed E-state index contributed by atoms with van der Waals surface area (Å²) < 4.78 is 25.7. The molecule has 0 aliphatic carbocycles. The van der Waals surface area contributed by atoms with Crippen LogP contribution in [0.15, 0.2) is 39.3 Å². The molecular formula is C15H12Br3FO2. The quantitative estimate of drug-likeness (QED) is 0.509. The summed E-state index contributed by atoms with van der Waals surface area (Å²) in [5.74, 6) is 1.06. The highest BCUT2D eigenvalue weighted by molar-refractivity contribution is 9.11. The van der Waals surface area contributed by atoms with E-state index in [9.17, 15) is 4.39 Å². The molecule has 0 aliphatic heterocycles. The fourth-order valence-corrected chi connectivity index (χ4v) is 3.99. The largest absolute Gasteiger partial charge is 0.496 e. The molecule has 2 aromatic carbocycles. The summed E-state index contributed by atoms with van der Waals surface area (Å²) in [4.78, 5) is -0.237. The van der Waals surface area contributed by atoms with Crippen molar-refractivity contribution in [2.24, 2.45) is 0 Å². The number of alkyl halides is 1. The summed E-state index contributed by atoms with van der Waals surface area (Å²) in [6.07, 6.45) is 0. The molecule has 0 saturated carbocycles. The number of rotatable bonds is 4. The standard InChI is InChI=1S/C15H12Br3FO2/c1-20-12-7-10(16)13(21-2)6-9(12)14(17)8-4-3-5-11(19)15(8)18/h3-7,14H,1-2H3. The Labute approximate surface area is 148 Å². The van der Waals surface area contributed by atoms with Gasteiger partial charge in [0.05, 0.1) is 28.0 Å². The van der Waals surface area contributed by atoms with E-state index in [1.165, 1.54) is 6.07 Å². The van der Waals surface area contributed by atoms with E-state index < -0.39 is 0 Å². The SMILES string of the molecule is COc1cc(C(Br)c2cccc(F)c2Br)c(OC)cc1Br. The van der Waals surface area contributed by atoms with Crippen LogP contribution in [-0.4, -0.2) is 14.2 Å². The maximum Gasteiger partial charge on any atom is 0.137 e.